The predicted molar refractivity (Wildman–Crippen MR) is 81.2 cm³/mol. The van der Waals surface area contributed by atoms with Crippen molar-refractivity contribution in [2.75, 3.05) is 33.4 Å². The van der Waals surface area contributed by atoms with Crippen molar-refractivity contribution in [2.45, 2.75) is 53.1 Å². The zero-order valence-electron chi connectivity index (χ0n) is 13.6. The Hall–Kier alpha value is -0.560. The first-order valence-corrected chi connectivity index (χ1v) is 7.16. The zero-order chi connectivity index (χ0) is 14.8. The van der Waals surface area contributed by atoms with Crippen LogP contribution in [-0.2, 0) is 9.47 Å². The molecular formula is C16H31NO2. The van der Waals surface area contributed by atoms with Gasteiger partial charge in [0.2, 0.25) is 0 Å². The van der Waals surface area contributed by atoms with Crippen molar-refractivity contribution in [1.29, 1.82) is 0 Å². The summed E-state index contributed by atoms with van der Waals surface area (Å²) in [5.41, 5.74) is -0.0888. The average molecular weight is 269 g/mol. The Kier molecular flexibility index (Phi) is 9.08. The maximum absolute atomic E-state index is 5.98. The molecule has 3 nitrogen and oxygen atoms in total. The van der Waals surface area contributed by atoms with Crippen molar-refractivity contribution in [3.63, 3.8) is 0 Å². The van der Waals surface area contributed by atoms with Gasteiger partial charge in [0.15, 0.2) is 0 Å². The van der Waals surface area contributed by atoms with E-state index in [2.05, 4.69) is 51.8 Å². The van der Waals surface area contributed by atoms with Gasteiger partial charge < -0.3 is 14.8 Å². The Bertz CT molecular complexity index is 287. The summed E-state index contributed by atoms with van der Waals surface area (Å²) < 4.78 is 10.9. The number of methoxy groups -OCH3 is 1. The molecule has 0 fully saturated rings. The first-order chi connectivity index (χ1) is 8.83. The smallest absolute Gasteiger partial charge is 0.107 e. The minimum Gasteiger partial charge on any atom is -0.375 e. The highest BCUT2D eigenvalue weighted by atomic mass is 16.5. The van der Waals surface area contributed by atoms with E-state index in [0.29, 0.717) is 6.61 Å². The summed E-state index contributed by atoms with van der Waals surface area (Å²) in [6.45, 7) is 14.0. The lowest BCUT2D eigenvalue weighted by Crippen LogP contribution is -2.31. The van der Waals surface area contributed by atoms with Crippen molar-refractivity contribution < 1.29 is 9.47 Å². The molecule has 0 saturated heterocycles. The molecule has 0 bridgehead atoms. The molecule has 0 aliphatic heterocycles. The molecule has 112 valence electrons. The first-order valence-electron chi connectivity index (χ1n) is 7.16. The van der Waals surface area contributed by atoms with Gasteiger partial charge >= 0.3 is 0 Å². The van der Waals surface area contributed by atoms with E-state index in [9.17, 15) is 0 Å². The van der Waals surface area contributed by atoms with E-state index < -0.39 is 0 Å². The van der Waals surface area contributed by atoms with Crippen LogP contribution in [0.25, 0.3) is 0 Å². The molecule has 0 aromatic carbocycles. The van der Waals surface area contributed by atoms with Gasteiger partial charge in [0.05, 0.1) is 5.60 Å². The molecule has 0 radical (unpaired) electrons. The van der Waals surface area contributed by atoms with Gasteiger partial charge in [0.1, 0.15) is 6.61 Å². The van der Waals surface area contributed by atoms with Gasteiger partial charge in [-0.2, -0.15) is 0 Å². The second kappa shape index (κ2) is 9.36. The number of nitrogens with one attached hydrogen (secondary N) is 1. The van der Waals surface area contributed by atoms with E-state index in [-0.39, 0.29) is 11.0 Å². The van der Waals surface area contributed by atoms with Crippen LogP contribution >= 0.6 is 0 Å². The van der Waals surface area contributed by atoms with Crippen LogP contribution in [0.15, 0.2) is 0 Å². The fourth-order valence-electron chi connectivity index (χ4n) is 1.63. The lowest BCUT2D eigenvalue weighted by Gasteiger charge is -2.27. The molecule has 0 heterocycles. The summed E-state index contributed by atoms with van der Waals surface area (Å²) in [6.07, 6.45) is 1.96. The molecule has 0 aromatic heterocycles. The van der Waals surface area contributed by atoms with E-state index in [4.69, 9.17) is 9.47 Å². The maximum atomic E-state index is 5.98. The Morgan fingerprint density at radius 1 is 1.11 bits per heavy atom. The van der Waals surface area contributed by atoms with Gasteiger partial charge in [0.25, 0.3) is 0 Å². The lowest BCUT2D eigenvalue weighted by atomic mass is 9.90. The average Bonchev–Trinajstić information content (AvgIpc) is 2.28. The number of ether oxygens (including phenoxy) is 2. The Morgan fingerprint density at radius 2 is 1.79 bits per heavy atom. The molecule has 0 aromatic rings. The van der Waals surface area contributed by atoms with Crippen LogP contribution in [0, 0.1) is 17.3 Å². The van der Waals surface area contributed by atoms with Crippen LogP contribution in [0.3, 0.4) is 0 Å². The van der Waals surface area contributed by atoms with Gasteiger partial charge in [-0.1, -0.05) is 18.8 Å². The Morgan fingerprint density at radius 3 is 2.37 bits per heavy atom. The summed E-state index contributed by atoms with van der Waals surface area (Å²) in [4.78, 5) is 0. The van der Waals surface area contributed by atoms with Crippen LogP contribution in [0.5, 0.6) is 0 Å². The largest absolute Gasteiger partial charge is 0.375 e. The van der Waals surface area contributed by atoms with Gasteiger partial charge in [-0.3, -0.25) is 0 Å². The van der Waals surface area contributed by atoms with Crippen LogP contribution in [-0.4, -0.2) is 39.0 Å². The standard InChI is InChI=1S/C16H31NO2/c1-7-17-12-10-16(4,5)19-14-11-15(2,3)9-8-13-18-6/h17H,7,10-14H2,1-6H3. The normalized spacial score (nSPS) is 12.1. The van der Waals surface area contributed by atoms with Gasteiger partial charge in [-0.05, 0) is 53.6 Å². The second-order valence-electron chi connectivity index (χ2n) is 6.08. The van der Waals surface area contributed by atoms with Crippen molar-refractivity contribution in [3.8, 4) is 11.8 Å². The molecule has 0 atom stereocenters. The van der Waals surface area contributed by atoms with Crippen molar-refractivity contribution >= 4 is 0 Å². The Labute approximate surface area is 119 Å². The van der Waals surface area contributed by atoms with Crippen molar-refractivity contribution in [2.24, 2.45) is 5.41 Å². The van der Waals surface area contributed by atoms with Crippen LogP contribution in [0.4, 0.5) is 0 Å². The summed E-state index contributed by atoms with van der Waals surface area (Å²) in [5.74, 6) is 6.26. The molecule has 0 rings (SSSR count). The number of hydrogen-bond acceptors (Lipinski definition) is 3. The molecule has 0 amide bonds. The SMILES string of the molecule is CCNCCC(C)(C)OCCC(C)(C)C#CCOC. The van der Waals surface area contributed by atoms with E-state index in [1.54, 1.807) is 7.11 Å². The second-order valence-corrected chi connectivity index (χ2v) is 6.08. The fraction of sp³-hybridized carbons (Fsp3) is 0.875. The highest BCUT2D eigenvalue weighted by Crippen LogP contribution is 2.21. The molecule has 1 N–H and O–H groups in total. The first kappa shape index (κ1) is 18.4. The van der Waals surface area contributed by atoms with E-state index in [1.807, 2.05) is 0 Å². The molecule has 0 aliphatic rings. The summed E-state index contributed by atoms with van der Waals surface area (Å²) in [6, 6.07) is 0. The molecule has 19 heavy (non-hydrogen) atoms. The monoisotopic (exact) mass is 269 g/mol. The van der Waals surface area contributed by atoms with Crippen LogP contribution < -0.4 is 5.32 Å². The third-order valence-electron chi connectivity index (χ3n) is 3.02. The molecule has 0 unspecified atom stereocenters. The number of rotatable bonds is 9. The third kappa shape index (κ3) is 11.0. The zero-order valence-corrected chi connectivity index (χ0v) is 13.6. The summed E-state index contributed by atoms with van der Waals surface area (Å²) in [5, 5.41) is 3.33. The van der Waals surface area contributed by atoms with Gasteiger partial charge in [-0.25, -0.2) is 0 Å². The van der Waals surface area contributed by atoms with Crippen LogP contribution in [0.2, 0.25) is 0 Å². The molecule has 3 heteroatoms. The fourth-order valence-corrected chi connectivity index (χ4v) is 1.63. The highest BCUT2D eigenvalue weighted by Gasteiger charge is 2.20. The molecule has 0 saturated carbocycles. The van der Waals surface area contributed by atoms with E-state index in [0.717, 1.165) is 32.5 Å². The van der Waals surface area contributed by atoms with Gasteiger partial charge in [0, 0.05) is 19.1 Å². The quantitative estimate of drug-likeness (QED) is 0.516. The molecular weight excluding hydrogens is 238 g/mol. The van der Waals surface area contributed by atoms with Crippen LogP contribution in [0.1, 0.15) is 47.5 Å². The molecule has 0 spiro atoms. The van der Waals surface area contributed by atoms with Gasteiger partial charge in [-0.15, -0.1) is 0 Å². The van der Waals surface area contributed by atoms with Crippen molar-refractivity contribution in [1.82, 2.24) is 5.32 Å². The topological polar surface area (TPSA) is 30.5 Å². The summed E-state index contributed by atoms with van der Waals surface area (Å²) in [7, 11) is 1.66. The summed E-state index contributed by atoms with van der Waals surface area (Å²) >= 11 is 0. The van der Waals surface area contributed by atoms with E-state index >= 15 is 0 Å². The Balaban J connectivity index is 3.96. The van der Waals surface area contributed by atoms with E-state index in [1.165, 1.54) is 0 Å². The maximum Gasteiger partial charge on any atom is 0.107 e. The van der Waals surface area contributed by atoms with Crippen molar-refractivity contribution in [3.05, 3.63) is 0 Å². The highest BCUT2D eigenvalue weighted by molar-refractivity contribution is 5.08. The third-order valence-corrected chi connectivity index (χ3v) is 3.02. The predicted octanol–water partition coefficient (Wildman–Crippen LogP) is 2.85. The minimum absolute atomic E-state index is 0.0176. The minimum atomic E-state index is -0.0712. The lowest BCUT2D eigenvalue weighted by molar-refractivity contribution is -0.0302. The molecule has 0 aliphatic carbocycles. The number of hydrogen-bond donors (Lipinski definition) is 1.